The Kier molecular flexibility index (Phi) is 6.25. The summed E-state index contributed by atoms with van der Waals surface area (Å²) in [6, 6.07) is 0. The van der Waals surface area contributed by atoms with E-state index in [-0.39, 0.29) is 17.8 Å². The Balaban J connectivity index is 3.44. The standard InChI is InChI=1S/C13H26N6O5/c1-11(20-3,19-10-17-8(14)16-9(15)18-10)13(23-6,24-7)12(2,21-4)22-5/h1-7H3,(H5,14,15,16,17,18,19). The molecule has 1 aromatic rings. The number of rotatable bonds is 9. The smallest absolute Gasteiger partial charge is 0.272 e. The van der Waals surface area contributed by atoms with Crippen LogP contribution in [0.5, 0.6) is 0 Å². The molecule has 1 aromatic heterocycles. The molecular formula is C13H26N6O5. The number of hydrogen-bond donors (Lipinski definition) is 3. The fourth-order valence-electron chi connectivity index (χ4n) is 2.58. The van der Waals surface area contributed by atoms with E-state index in [4.69, 9.17) is 35.2 Å². The first kappa shape index (κ1) is 20.3. The monoisotopic (exact) mass is 346 g/mol. The fourth-order valence-corrected chi connectivity index (χ4v) is 2.58. The number of ether oxygens (including phenoxy) is 5. The minimum Gasteiger partial charge on any atom is -0.368 e. The van der Waals surface area contributed by atoms with Gasteiger partial charge in [0.25, 0.3) is 5.79 Å². The summed E-state index contributed by atoms with van der Waals surface area (Å²) in [5, 5.41) is 2.95. The number of nitrogens with zero attached hydrogens (tertiary/aromatic N) is 3. The summed E-state index contributed by atoms with van der Waals surface area (Å²) >= 11 is 0. The molecule has 0 aliphatic heterocycles. The molecule has 0 saturated heterocycles. The Morgan fingerprint density at radius 2 is 1.21 bits per heavy atom. The van der Waals surface area contributed by atoms with Crippen LogP contribution in [-0.2, 0) is 23.7 Å². The maximum Gasteiger partial charge on any atom is 0.272 e. The minimum absolute atomic E-state index is 0.0508. The largest absolute Gasteiger partial charge is 0.368 e. The van der Waals surface area contributed by atoms with Crippen molar-refractivity contribution in [2.24, 2.45) is 0 Å². The van der Waals surface area contributed by atoms with Crippen molar-refractivity contribution in [2.75, 3.05) is 52.3 Å². The van der Waals surface area contributed by atoms with E-state index in [0.29, 0.717) is 0 Å². The molecule has 11 nitrogen and oxygen atoms in total. The second-order valence-electron chi connectivity index (χ2n) is 5.12. The molecule has 0 spiro atoms. The normalized spacial score (nSPS) is 15.1. The number of methoxy groups -OCH3 is 5. The first-order valence-electron chi connectivity index (χ1n) is 6.98. The quantitative estimate of drug-likeness (QED) is 0.510. The van der Waals surface area contributed by atoms with E-state index in [1.807, 2.05) is 0 Å². The van der Waals surface area contributed by atoms with Crippen LogP contribution in [-0.4, -0.2) is 67.8 Å². The zero-order valence-electron chi connectivity index (χ0n) is 15.0. The summed E-state index contributed by atoms with van der Waals surface area (Å²) in [7, 11) is 7.19. The van der Waals surface area contributed by atoms with E-state index in [2.05, 4.69) is 20.3 Å². The highest BCUT2D eigenvalue weighted by Gasteiger charge is 2.64. The van der Waals surface area contributed by atoms with Gasteiger partial charge in [-0.1, -0.05) is 0 Å². The van der Waals surface area contributed by atoms with Crippen molar-refractivity contribution in [3.63, 3.8) is 0 Å². The fraction of sp³-hybridized carbons (Fsp3) is 0.769. The van der Waals surface area contributed by atoms with E-state index in [9.17, 15) is 0 Å². The van der Waals surface area contributed by atoms with Gasteiger partial charge in [-0.15, -0.1) is 0 Å². The summed E-state index contributed by atoms with van der Waals surface area (Å²) in [4.78, 5) is 11.7. The maximum absolute atomic E-state index is 5.63. The van der Waals surface area contributed by atoms with Gasteiger partial charge in [0.1, 0.15) is 0 Å². The van der Waals surface area contributed by atoms with E-state index in [0.717, 1.165) is 0 Å². The highest BCUT2D eigenvalue weighted by Crippen LogP contribution is 2.41. The van der Waals surface area contributed by atoms with Crippen LogP contribution in [0.15, 0.2) is 0 Å². The summed E-state index contributed by atoms with van der Waals surface area (Å²) in [5.74, 6) is -2.97. The van der Waals surface area contributed by atoms with Gasteiger partial charge in [-0.2, -0.15) is 15.0 Å². The highest BCUT2D eigenvalue weighted by molar-refractivity contribution is 5.39. The van der Waals surface area contributed by atoms with Crippen LogP contribution < -0.4 is 16.8 Å². The number of nitrogens with two attached hydrogens (primary N) is 2. The van der Waals surface area contributed by atoms with Crippen LogP contribution in [0.3, 0.4) is 0 Å². The first-order chi connectivity index (χ1) is 11.2. The molecule has 11 heteroatoms. The zero-order chi connectivity index (χ0) is 18.6. The molecule has 0 aromatic carbocycles. The predicted octanol–water partition coefficient (Wildman–Crippen LogP) is -0.191. The van der Waals surface area contributed by atoms with Crippen molar-refractivity contribution < 1.29 is 23.7 Å². The van der Waals surface area contributed by atoms with Gasteiger partial charge in [0.2, 0.25) is 23.6 Å². The molecule has 138 valence electrons. The SMILES string of the molecule is COC(C)(Nc1nc(N)nc(N)n1)C(OC)(OC)C(C)(OC)OC. The lowest BCUT2D eigenvalue weighted by molar-refractivity contribution is -0.423. The van der Waals surface area contributed by atoms with Gasteiger partial charge in [-0.3, -0.25) is 0 Å². The molecule has 5 N–H and O–H groups in total. The van der Waals surface area contributed by atoms with Crippen molar-refractivity contribution in [1.29, 1.82) is 0 Å². The van der Waals surface area contributed by atoms with Crippen LogP contribution in [0.1, 0.15) is 13.8 Å². The Morgan fingerprint density at radius 1 is 0.750 bits per heavy atom. The molecule has 1 rings (SSSR count). The molecule has 0 amide bonds. The Morgan fingerprint density at radius 3 is 1.54 bits per heavy atom. The molecule has 1 unspecified atom stereocenters. The van der Waals surface area contributed by atoms with Crippen LogP contribution in [0.25, 0.3) is 0 Å². The molecule has 1 atom stereocenters. The lowest BCUT2D eigenvalue weighted by Crippen LogP contribution is -2.72. The molecule has 0 saturated carbocycles. The minimum atomic E-state index is -1.57. The molecule has 0 aliphatic rings. The van der Waals surface area contributed by atoms with Gasteiger partial charge in [0.05, 0.1) is 0 Å². The van der Waals surface area contributed by atoms with Crippen molar-refractivity contribution >= 4 is 17.8 Å². The highest BCUT2D eigenvalue weighted by atomic mass is 16.8. The van der Waals surface area contributed by atoms with Crippen LogP contribution >= 0.6 is 0 Å². The molecule has 1 heterocycles. The summed E-state index contributed by atoms with van der Waals surface area (Å²) in [6.45, 7) is 3.28. The summed E-state index contributed by atoms with van der Waals surface area (Å²) in [6.07, 6.45) is 0. The second kappa shape index (κ2) is 7.40. The summed E-state index contributed by atoms with van der Waals surface area (Å²) < 4.78 is 27.8. The second-order valence-corrected chi connectivity index (χ2v) is 5.12. The third kappa shape index (κ3) is 3.21. The van der Waals surface area contributed by atoms with Gasteiger partial charge >= 0.3 is 0 Å². The lowest BCUT2D eigenvalue weighted by Gasteiger charge is -2.52. The number of hydrogen-bond acceptors (Lipinski definition) is 11. The van der Waals surface area contributed by atoms with Crippen molar-refractivity contribution in [2.45, 2.75) is 31.1 Å². The number of nitrogens with one attached hydrogen (secondary N) is 1. The van der Waals surface area contributed by atoms with Crippen LogP contribution in [0, 0.1) is 0 Å². The Bertz CT molecular complexity index is 531. The van der Waals surface area contributed by atoms with Crippen molar-refractivity contribution in [3.05, 3.63) is 0 Å². The van der Waals surface area contributed by atoms with Crippen LogP contribution in [0.2, 0.25) is 0 Å². The van der Waals surface area contributed by atoms with Gasteiger partial charge < -0.3 is 40.5 Å². The molecule has 24 heavy (non-hydrogen) atoms. The average molecular weight is 346 g/mol. The van der Waals surface area contributed by atoms with Gasteiger partial charge in [0, 0.05) is 35.5 Å². The predicted molar refractivity (Wildman–Crippen MR) is 86.9 cm³/mol. The summed E-state index contributed by atoms with van der Waals surface area (Å²) in [5.41, 5.74) is 9.82. The van der Waals surface area contributed by atoms with E-state index in [1.165, 1.54) is 35.5 Å². The molecular weight excluding hydrogens is 320 g/mol. The van der Waals surface area contributed by atoms with Gasteiger partial charge in [-0.25, -0.2) is 0 Å². The third-order valence-corrected chi connectivity index (χ3v) is 4.01. The lowest BCUT2D eigenvalue weighted by atomic mass is 9.94. The van der Waals surface area contributed by atoms with E-state index >= 15 is 0 Å². The number of anilines is 3. The number of nitrogen functional groups attached to an aromatic ring is 2. The molecule has 0 fully saturated rings. The van der Waals surface area contributed by atoms with E-state index in [1.54, 1.807) is 13.8 Å². The molecule has 0 aliphatic carbocycles. The van der Waals surface area contributed by atoms with Gasteiger partial charge in [-0.05, 0) is 13.8 Å². The molecule has 0 radical (unpaired) electrons. The van der Waals surface area contributed by atoms with Gasteiger partial charge in [0.15, 0.2) is 5.72 Å². The molecule has 0 bridgehead atoms. The van der Waals surface area contributed by atoms with E-state index < -0.39 is 17.3 Å². The topological polar surface area (TPSA) is 149 Å². The third-order valence-electron chi connectivity index (χ3n) is 4.01. The first-order valence-corrected chi connectivity index (χ1v) is 6.98. The van der Waals surface area contributed by atoms with Crippen molar-refractivity contribution in [3.8, 4) is 0 Å². The van der Waals surface area contributed by atoms with Crippen LogP contribution in [0.4, 0.5) is 17.8 Å². The van der Waals surface area contributed by atoms with Crippen molar-refractivity contribution in [1.82, 2.24) is 15.0 Å². The number of aromatic nitrogens is 3. The zero-order valence-corrected chi connectivity index (χ0v) is 15.0. The maximum atomic E-state index is 5.63. The Hall–Kier alpha value is -1.79. The average Bonchev–Trinajstić information content (AvgIpc) is 2.54. The Labute approximate surface area is 141 Å².